The normalized spacial score (nSPS) is 37.4. The van der Waals surface area contributed by atoms with Gasteiger partial charge >= 0.3 is 0 Å². The average Bonchev–Trinajstić information content (AvgIpc) is 3.05. The summed E-state index contributed by atoms with van der Waals surface area (Å²) in [5, 5.41) is 0. The van der Waals surface area contributed by atoms with Gasteiger partial charge in [-0.3, -0.25) is 18.7 Å². The molecular formula is C20H32CaO8S2. The molecule has 8 nitrogen and oxygen atoms in total. The van der Waals surface area contributed by atoms with E-state index in [1.165, 1.54) is 0 Å². The van der Waals surface area contributed by atoms with Gasteiger partial charge in [0.15, 0.2) is 0 Å². The topological polar surface area (TPSA) is 143 Å². The van der Waals surface area contributed by atoms with Crippen LogP contribution in [0.5, 0.6) is 0 Å². The first-order valence-electron chi connectivity index (χ1n) is 10.3. The molecule has 4 aliphatic carbocycles. The Morgan fingerprint density at radius 2 is 1.03 bits per heavy atom. The van der Waals surface area contributed by atoms with Crippen molar-refractivity contribution in [3.8, 4) is 0 Å². The molecule has 0 heterocycles. The summed E-state index contributed by atoms with van der Waals surface area (Å²) < 4.78 is 62.0. The third-order valence-corrected chi connectivity index (χ3v) is 10.9. The van der Waals surface area contributed by atoms with Crippen LogP contribution >= 0.6 is 0 Å². The van der Waals surface area contributed by atoms with Gasteiger partial charge in [-0.05, 0) is 48.3 Å². The van der Waals surface area contributed by atoms with Crippen molar-refractivity contribution < 1.29 is 35.5 Å². The molecule has 4 unspecified atom stereocenters. The largest absolute Gasteiger partial charge is 0.299 e. The van der Waals surface area contributed by atoms with E-state index in [4.69, 9.17) is 9.11 Å². The smallest absolute Gasteiger partial charge is 0.265 e. The molecule has 0 aromatic rings. The monoisotopic (exact) mass is 504 g/mol. The van der Waals surface area contributed by atoms with E-state index < -0.39 is 42.6 Å². The standard InChI is InChI=1S/2C10H16O4S.Ca/c2*1-9(2)7-3-4-10(9,8(11)5-7)6-15(12,13)14;/h2*7H,3-6H2,1-2H3,(H,12,13,14);. The van der Waals surface area contributed by atoms with E-state index in [0.29, 0.717) is 25.7 Å². The van der Waals surface area contributed by atoms with Gasteiger partial charge < -0.3 is 0 Å². The van der Waals surface area contributed by atoms with E-state index in [-0.39, 0.29) is 72.0 Å². The van der Waals surface area contributed by atoms with Crippen LogP contribution in [0.2, 0.25) is 0 Å². The van der Waals surface area contributed by atoms with Crippen molar-refractivity contribution in [2.75, 3.05) is 11.5 Å². The fraction of sp³-hybridized carbons (Fsp3) is 0.900. The van der Waals surface area contributed by atoms with Gasteiger partial charge in [-0.15, -0.1) is 0 Å². The first-order valence-corrected chi connectivity index (χ1v) is 13.6. The van der Waals surface area contributed by atoms with E-state index in [9.17, 15) is 26.4 Å². The Hall–Kier alpha value is 0.420. The zero-order valence-electron chi connectivity index (χ0n) is 18.7. The molecule has 2 N–H and O–H groups in total. The maximum Gasteiger partial charge on any atom is 0.265 e. The van der Waals surface area contributed by atoms with Crippen molar-refractivity contribution in [2.24, 2.45) is 33.5 Å². The fourth-order valence-corrected chi connectivity index (χ4v) is 9.44. The molecule has 4 rings (SSSR count). The average molecular weight is 505 g/mol. The second-order valence-electron chi connectivity index (χ2n) is 10.8. The molecule has 4 aliphatic rings. The van der Waals surface area contributed by atoms with Crippen LogP contribution in [0.15, 0.2) is 0 Å². The summed E-state index contributed by atoms with van der Waals surface area (Å²) in [6.07, 6.45) is 3.94. The number of carbonyl (C=O) groups is 2. The summed E-state index contributed by atoms with van der Waals surface area (Å²) in [6, 6.07) is 0. The summed E-state index contributed by atoms with van der Waals surface area (Å²) in [5.41, 5.74) is -2.24. The Morgan fingerprint density at radius 3 is 1.19 bits per heavy atom. The van der Waals surface area contributed by atoms with E-state index >= 15 is 0 Å². The van der Waals surface area contributed by atoms with Crippen molar-refractivity contribution in [1.29, 1.82) is 0 Å². The number of hydrogen-bond donors (Lipinski definition) is 2. The Balaban J connectivity index is 0.000000213. The molecule has 31 heavy (non-hydrogen) atoms. The van der Waals surface area contributed by atoms with E-state index in [1.54, 1.807) is 0 Å². The summed E-state index contributed by atoms with van der Waals surface area (Å²) >= 11 is 0. The van der Waals surface area contributed by atoms with Crippen molar-refractivity contribution in [3.05, 3.63) is 0 Å². The van der Waals surface area contributed by atoms with Gasteiger partial charge in [0.25, 0.3) is 20.2 Å². The first-order chi connectivity index (χ1) is 13.4. The number of hydrogen-bond acceptors (Lipinski definition) is 6. The van der Waals surface area contributed by atoms with Crippen molar-refractivity contribution in [1.82, 2.24) is 0 Å². The molecule has 4 fully saturated rings. The molecule has 4 atom stereocenters. The minimum atomic E-state index is -4.08. The van der Waals surface area contributed by atoms with Crippen LogP contribution in [-0.2, 0) is 29.8 Å². The molecular weight excluding hydrogens is 472 g/mol. The summed E-state index contributed by atoms with van der Waals surface area (Å²) in [5.74, 6) is -0.203. The van der Waals surface area contributed by atoms with Gasteiger partial charge in [0.2, 0.25) is 0 Å². The second-order valence-corrected chi connectivity index (χ2v) is 13.7. The maximum absolute atomic E-state index is 11.9. The molecule has 0 saturated heterocycles. The molecule has 0 aliphatic heterocycles. The van der Waals surface area contributed by atoms with Gasteiger partial charge in [0.1, 0.15) is 11.6 Å². The number of Topliss-reactive ketones (excluding diaryl/α,β-unsaturated/α-hetero) is 2. The minimum Gasteiger partial charge on any atom is -0.299 e. The molecule has 174 valence electrons. The predicted octanol–water partition coefficient (Wildman–Crippen LogP) is 2.16. The molecule has 4 saturated carbocycles. The summed E-state index contributed by atoms with van der Waals surface area (Å²) in [7, 11) is -8.15. The van der Waals surface area contributed by atoms with E-state index in [1.807, 2.05) is 27.7 Å². The second kappa shape index (κ2) is 8.27. The molecule has 11 heteroatoms. The Labute approximate surface area is 214 Å². The van der Waals surface area contributed by atoms with Gasteiger partial charge in [-0.2, -0.15) is 16.8 Å². The molecule has 0 spiro atoms. The minimum absolute atomic E-state index is 0. The van der Waals surface area contributed by atoms with Gasteiger partial charge in [0.05, 0.1) is 22.3 Å². The predicted molar refractivity (Wildman–Crippen MR) is 116 cm³/mol. The number of fused-ring (bicyclic) bond motifs is 4. The number of carbonyl (C=O) groups excluding carboxylic acids is 2. The fourth-order valence-electron chi connectivity index (χ4n) is 6.84. The molecule has 0 amide bonds. The third-order valence-electron chi connectivity index (χ3n) is 9.14. The van der Waals surface area contributed by atoms with Crippen molar-refractivity contribution >= 4 is 69.5 Å². The van der Waals surface area contributed by atoms with Gasteiger partial charge in [0, 0.05) is 50.6 Å². The molecule has 2 radical (unpaired) electrons. The van der Waals surface area contributed by atoms with Crippen LogP contribution in [0.3, 0.4) is 0 Å². The summed E-state index contributed by atoms with van der Waals surface area (Å²) in [6.45, 7) is 7.78. The quantitative estimate of drug-likeness (QED) is 0.438. The zero-order valence-corrected chi connectivity index (χ0v) is 22.5. The van der Waals surface area contributed by atoms with Crippen LogP contribution in [-0.4, -0.2) is 86.8 Å². The Morgan fingerprint density at radius 1 is 0.742 bits per heavy atom. The number of ketones is 2. The van der Waals surface area contributed by atoms with Gasteiger partial charge in [-0.25, -0.2) is 0 Å². The van der Waals surface area contributed by atoms with Crippen LogP contribution in [0, 0.1) is 33.5 Å². The van der Waals surface area contributed by atoms with Crippen LogP contribution < -0.4 is 0 Å². The maximum atomic E-state index is 11.9. The zero-order chi connectivity index (χ0) is 23.0. The van der Waals surface area contributed by atoms with E-state index in [2.05, 4.69) is 0 Å². The van der Waals surface area contributed by atoms with Crippen LogP contribution in [0.25, 0.3) is 0 Å². The van der Waals surface area contributed by atoms with Crippen LogP contribution in [0.1, 0.15) is 66.2 Å². The Kier molecular flexibility index (Phi) is 7.38. The molecule has 0 aromatic carbocycles. The Bertz CT molecular complexity index is 905. The summed E-state index contributed by atoms with van der Waals surface area (Å²) in [4.78, 5) is 23.8. The van der Waals surface area contributed by atoms with Crippen LogP contribution in [0.4, 0.5) is 0 Å². The SMILES string of the molecule is CC1(C)C2CCC1(CS(=O)(=O)O)C(=O)C2.CC1(C)C2CCC1(CS(=O)(=O)O)C(=O)C2.[Ca]. The molecule has 4 bridgehead atoms. The molecule has 0 aromatic heterocycles. The van der Waals surface area contributed by atoms with Gasteiger partial charge in [-0.1, -0.05) is 27.7 Å². The van der Waals surface area contributed by atoms with E-state index in [0.717, 1.165) is 12.8 Å². The first kappa shape index (κ1) is 27.7. The van der Waals surface area contributed by atoms with Crippen molar-refractivity contribution in [3.63, 3.8) is 0 Å². The van der Waals surface area contributed by atoms with Crippen molar-refractivity contribution in [2.45, 2.75) is 66.2 Å². The number of rotatable bonds is 4. The third kappa shape index (κ3) is 4.44.